The van der Waals surface area contributed by atoms with Crippen LogP contribution in [0.5, 0.6) is 11.5 Å². The predicted octanol–water partition coefficient (Wildman–Crippen LogP) is 2.29. The molecule has 0 bridgehead atoms. The summed E-state index contributed by atoms with van der Waals surface area (Å²) in [4.78, 5) is 11.0. The summed E-state index contributed by atoms with van der Waals surface area (Å²) in [6.07, 6.45) is 0.236. The van der Waals surface area contributed by atoms with Crippen LogP contribution in [0.3, 0.4) is 0 Å². The first-order chi connectivity index (χ1) is 10.6. The molecule has 7 heteroatoms. The summed E-state index contributed by atoms with van der Waals surface area (Å²) in [6, 6.07) is 7.11. The number of carbonyl (C=O) groups is 1. The Morgan fingerprint density at radius 1 is 1.36 bits per heavy atom. The quantitative estimate of drug-likeness (QED) is 0.911. The first-order valence-electron chi connectivity index (χ1n) is 6.78. The second-order valence-electron chi connectivity index (χ2n) is 4.99. The average molecular weight is 320 g/mol. The molecule has 0 unspecified atom stereocenters. The molecule has 2 aromatic rings. The molecule has 3 rings (SSSR count). The van der Waals surface area contributed by atoms with E-state index in [0.29, 0.717) is 17.2 Å². The zero-order chi connectivity index (χ0) is 15.7. The van der Waals surface area contributed by atoms with Crippen molar-refractivity contribution in [2.45, 2.75) is 6.10 Å². The molecule has 1 aliphatic rings. The maximum absolute atomic E-state index is 11.0. The van der Waals surface area contributed by atoms with Crippen LogP contribution in [-0.4, -0.2) is 45.6 Å². The van der Waals surface area contributed by atoms with Crippen molar-refractivity contribution < 1.29 is 19.4 Å². The molecule has 2 heterocycles. The minimum atomic E-state index is -1.05. The molecule has 1 saturated heterocycles. The topological polar surface area (TPSA) is 73.6 Å². The molecule has 0 spiro atoms. The fourth-order valence-electron chi connectivity index (χ4n) is 2.23. The number of hydrogen-bond donors (Lipinski definition) is 1. The smallest absolute Gasteiger partial charge is 0.356 e. The number of nitrogens with zero attached hydrogens (tertiary/aromatic N) is 2. The van der Waals surface area contributed by atoms with Crippen LogP contribution in [0.15, 0.2) is 24.3 Å². The summed E-state index contributed by atoms with van der Waals surface area (Å²) in [5.74, 6) is 2.28. The zero-order valence-corrected chi connectivity index (χ0v) is 13.1. The number of methoxy groups -OCH3 is 1. The summed E-state index contributed by atoms with van der Waals surface area (Å²) in [6.45, 7) is 0. The van der Waals surface area contributed by atoms with Crippen LogP contribution < -0.4 is 9.47 Å². The second kappa shape index (κ2) is 5.92. The Morgan fingerprint density at radius 2 is 2.14 bits per heavy atom. The minimum absolute atomic E-state index is 0.0169. The highest BCUT2D eigenvalue weighted by Crippen LogP contribution is 2.35. The van der Waals surface area contributed by atoms with Crippen molar-refractivity contribution in [3.05, 3.63) is 30.0 Å². The molecule has 22 heavy (non-hydrogen) atoms. The summed E-state index contributed by atoms with van der Waals surface area (Å²) < 4.78 is 12.8. The second-order valence-corrected chi connectivity index (χ2v) is 6.06. The van der Waals surface area contributed by atoms with Gasteiger partial charge in [-0.3, -0.25) is 4.68 Å². The third-order valence-electron chi connectivity index (χ3n) is 3.46. The van der Waals surface area contributed by atoms with E-state index in [1.807, 2.05) is 30.0 Å². The molecule has 1 aliphatic heterocycles. The number of hydrogen-bond acceptors (Lipinski definition) is 5. The van der Waals surface area contributed by atoms with Crippen molar-refractivity contribution >= 4 is 17.7 Å². The fraction of sp³-hybridized carbons (Fsp3) is 0.333. The number of carboxylic acids is 1. The number of ether oxygens (including phenoxy) is 2. The Bertz CT molecular complexity index is 710. The maximum Gasteiger partial charge on any atom is 0.356 e. The van der Waals surface area contributed by atoms with Crippen LogP contribution >= 0.6 is 11.8 Å². The number of aromatic carboxylic acids is 1. The van der Waals surface area contributed by atoms with E-state index in [2.05, 4.69) is 5.10 Å². The van der Waals surface area contributed by atoms with Gasteiger partial charge in [0.15, 0.2) is 17.2 Å². The Kier molecular flexibility index (Phi) is 3.98. The number of rotatable bonds is 5. The maximum atomic E-state index is 11.0. The minimum Gasteiger partial charge on any atom is -0.493 e. The van der Waals surface area contributed by atoms with Gasteiger partial charge in [0.05, 0.1) is 12.8 Å². The van der Waals surface area contributed by atoms with Crippen molar-refractivity contribution in [2.24, 2.45) is 7.05 Å². The molecule has 1 fully saturated rings. The van der Waals surface area contributed by atoms with Gasteiger partial charge in [-0.2, -0.15) is 16.9 Å². The van der Waals surface area contributed by atoms with Gasteiger partial charge in [-0.1, -0.05) is 0 Å². The molecule has 0 radical (unpaired) electrons. The Hall–Kier alpha value is -2.15. The van der Waals surface area contributed by atoms with Crippen molar-refractivity contribution in [3.63, 3.8) is 0 Å². The molecule has 1 aromatic carbocycles. The molecule has 0 saturated carbocycles. The van der Waals surface area contributed by atoms with Gasteiger partial charge in [-0.05, 0) is 24.3 Å². The number of benzene rings is 1. The van der Waals surface area contributed by atoms with Crippen molar-refractivity contribution in [3.8, 4) is 22.8 Å². The predicted molar refractivity (Wildman–Crippen MR) is 83.9 cm³/mol. The summed E-state index contributed by atoms with van der Waals surface area (Å²) in [5.41, 5.74) is 1.56. The van der Waals surface area contributed by atoms with E-state index in [-0.39, 0.29) is 11.8 Å². The highest BCUT2D eigenvalue weighted by molar-refractivity contribution is 8.00. The lowest BCUT2D eigenvalue weighted by atomic mass is 10.1. The number of aromatic nitrogens is 2. The highest BCUT2D eigenvalue weighted by Gasteiger charge is 2.22. The monoisotopic (exact) mass is 320 g/mol. The number of aryl methyl sites for hydroxylation is 1. The SMILES string of the molecule is COc1cc(-c2cc(C(=O)O)nn2C)ccc1OC1CSC1. The third-order valence-corrected chi connectivity index (χ3v) is 4.67. The van der Waals surface area contributed by atoms with Gasteiger partial charge in [0.1, 0.15) is 6.10 Å². The van der Waals surface area contributed by atoms with E-state index in [1.54, 1.807) is 24.9 Å². The summed E-state index contributed by atoms with van der Waals surface area (Å²) in [5, 5.41) is 13.0. The Labute approximate surface area is 132 Å². The molecule has 6 nitrogen and oxygen atoms in total. The van der Waals surface area contributed by atoms with Crippen molar-refractivity contribution in [1.82, 2.24) is 9.78 Å². The van der Waals surface area contributed by atoms with E-state index in [1.165, 1.54) is 0 Å². The van der Waals surface area contributed by atoms with Crippen LogP contribution in [0, 0.1) is 0 Å². The van der Waals surface area contributed by atoms with Gasteiger partial charge < -0.3 is 14.6 Å². The zero-order valence-electron chi connectivity index (χ0n) is 12.3. The Balaban J connectivity index is 1.92. The van der Waals surface area contributed by atoms with E-state index in [4.69, 9.17) is 14.6 Å². The molecule has 0 aliphatic carbocycles. The third kappa shape index (κ3) is 2.76. The van der Waals surface area contributed by atoms with Crippen LogP contribution in [0.25, 0.3) is 11.3 Å². The van der Waals surface area contributed by atoms with Gasteiger partial charge in [0, 0.05) is 24.1 Å². The van der Waals surface area contributed by atoms with Gasteiger partial charge in [-0.15, -0.1) is 0 Å². The van der Waals surface area contributed by atoms with Gasteiger partial charge in [-0.25, -0.2) is 4.79 Å². The normalized spacial score (nSPS) is 14.5. The van der Waals surface area contributed by atoms with Crippen LogP contribution in [0.1, 0.15) is 10.5 Å². The fourth-order valence-corrected chi connectivity index (χ4v) is 2.79. The molecule has 0 amide bonds. The number of thioether (sulfide) groups is 1. The van der Waals surface area contributed by atoms with Crippen molar-refractivity contribution in [2.75, 3.05) is 18.6 Å². The molecular formula is C15H16N2O4S. The lowest BCUT2D eigenvalue weighted by molar-refractivity contribution is 0.0689. The van der Waals surface area contributed by atoms with Crippen LogP contribution in [-0.2, 0) is 7.05 Å². The van der Waals surface area contributed by atoms with Crippen molar-refractivity contribution in [1.29, 1.82) is 0 Å². The van der Waals surface area contributed by atoms with E-state index in [0.717, 1.165) is 17.1 Å². The van der Waals surface area contributed by atoms with Gasteiger partial charge >= 0.3 is 5.97 Å². The van der Waals surface area contributed by atoms with Crippen LogP contribution in [0.2, 0.25) is 0 Å². The lowest BCUT2D eigenvalue weighted by Gasteiger charge is -2.26. The Morgan fingerprint density at radius 3 is 2.68 bits per heavy atom. The first-order valence-corrected chi connectivity index (χ1v) is 7.94. The van der Waals surface area contributed by atoms with E-state index in [9.17, 15) is 4.79 Å². The first kappa shape index (κ1) is 14.8. The molecular weight excluding hydrogens is 304 g/mol. The standard InChI is InChI=1S/C15H16N2O4S/c1-17-12(6-11(16-17)15(18)19)9-3-4-13(14(5-9)20-2)21-10-7-22-8-10/h3-6,10H,7-8H2,1-2H3,(H,18,19). The molecule has 1 aromatic heterocycles. The summed E-state index contributed by atoms with van der Waals surface area (Å²) in [7, 11) is 3.30. The van der Waals surface area contributed by atoms with Gasteiger partial charge in [0.2, 0.25) is 0 Å². The average Bonchev–Trinajstić information content (AvgIpc) is 2.85. The molecule has 116 valence electrons. The van der Waals surface area contributed by atoms with E-state index >= 15 is 0 Å². The highest BCUT2D eigenvalue weighted by atomic mass is 32.2. The lowest BCUT2D eigenvalue weighted by Crippen LogP contribution is -2.31. The van der Waals surface area contributed by atoms with E-state index < -0.39 is 5.97 Å². The van der Waals surface area contributed by atoms with Gasteiger partial charge in [0.25, 0.3) is 0 Å². The molecule has 0 atom stereocenters. The largest absolute Gasteiger partial charge is 0.493 e. The summed E-state index contributed by atoms with van der Waals surface area (Å²) >= 11 is 1.85. The van der Waals surface area contributed by atoms with Crippen LogP contribution in [0.4, 0.5) is 0 Å². The molecule has 1 N–H and O–H groups in total. The number of carboxylic acid groups (broad SMARTS) is 1.